The van der Waals surface area contributed by atoms with Crippen LogP contribution >= 0.6 is 34.8 Å². The Morgan fingerprint density at radius 2 is 1.75 bits per heavy atom. The summed E-state index contributed by atoms with van der Waals surface area (Å²) in [5.41, 5.74) is 0.541. The zero-order valence-electron chi connectivity index (χ0n) is 10.2. The Morgan fingerprint density at radius 1 is 1.10 bits per heavy atom. The molecule has 1 N–H and O–H groups in total. The van der Waals surface area contributed by atoms with Gasteiger partial charge in [-0.1, -0.05) is 34.8 Å². The number of carboxylic acid groups (broad SMARTS) is 1. The van der Waals surface area contributed by atoms with Crippen LogP contribution < -0.4 is 4.74 Å². The van der Waals surface area contributed by atoms with Crippen molar-refractivity contribution in [2.24, 2.45) is 0 Å². The normalized spacial score (nSPS) is 10.4. The topological polar surface area (TPSA) is 59.4 Å². The van der Waals surface area contributed by atoms with Crippen LogP contribution in [-0.4, -0.2) is 16.1 Å². The molecule has 0 aliphatic heterocycles. The van der Waals surface area contributed by atoms with E-state index < -0.39 is 5.97 Å². The lowest BCUT2D eigenvalue weighted by molar-refractivity contribution is 0.0693. The van der Waals surface area contributed by atoms with Crippen LogP contribution in [0.2, 0.25) is 15.1 Å². The molecule has 4 nitrogen and oxygen atoms in total. The minimum atomic E-state index is -1.15. The lowest BCUT2D eigenvalue weighted by atomic mass is 10.2. The first kappa shape index (κ1) is 14.9. The SMILES string of the molecule is Cc1cc(Oc2cc(Cl)c(Cl)cc2Cl)c(C(=O)O)cn1. The maximum absolute atomic E-state index is 11.1. The fourth-order valence-electron chi connectivity index (χ4n) is 1.48. The summed E-state index contributed by atoms with van der Waals surface area (Å²) < 4.78 is 5.52. The Bertz CT molecular complexity index is 689. The minimum Gasteiger partial charge on any atom is -0.477 e. The smallest absolute Gasteiger partial charge is 0.341 e. The molecule has 1 heterocycles. The predicted molar refractivity (Wildman–Crippen MR) is 77.5 cm³/mol. The van der Waals surface area contributed by atoms with E-state index in [0.717, 1.165) is 0 Å². The van der Waals surface area contributed by atoms with Crippen LogP contribution in [0.1, 0.15) is 16.1 Å². The fourth-order valence-corrected chi connectivity index (χ4v) is 2.06. The average molecular weight is 333 g/mol. The molecule has 1 aromatic carbocycles. The summed E-state index contributed by atoms with van der Waals surface area (Å²) in [5, 5.41) is 9.87. The van der Waals surface area contributed by atoms with Gasteiger partial charge in [-0.25, -0.2) is 4.79 Å². The van der Waals surface area contributed by atoms with Crippen LogP contribution in [0.4, 0.5) is 0 Å². The summed E-state index contributed by atoms with van der Waals surface area (Å²) in [6, 6.07) is 4.35. The molecule has 0 radical (unpaired) electrons. The highest BCUT2D eigenvalue weighted by molar-refractivity contribution is 6.43. The van der Waals surface area contributed by atoms with E-state index in [4.69, 9.17) is 44.6 Å². The van der Waals surface area contributed by atoms with E-state index in [0.29, 0.717) is 5.69 Å². The van der Waals surface area contributed by atoms with E-state index in [1.54, 1.807) is 6.92 Å². The van der Waals surface area contributed by atoms with Crippen molar-refractivity contribution in [3.05, 3.63) is 50.7 Å². The van der Waals surface area contributed by atoms with Gasteiger partial charge in [-0.15, -0.1) is 0 Å². The number of halogens is 3. The largest absolute Gasteiger partial charge is 0.477 e. The molecule has 104 valence electrons. The van der Waals surface area contributed by atoms with E-state index in [9.17, 15) is 4.79 Å². The van der Waals surface area contributed by atoms with Crippen LogP contribution in [0.25, 0.3) is 0 Å². The van der Waals surface area contributed by atoms with Crippen LogP contribution in [0, 0.1) is 6.92 Å². The summed E-state index contributed by atoms with van der Waals surface area (Å²) in [6.45, 7) is 1.72. The first-order valence-electron chi connectivity index (χ1n) is 5.41. The number of carbonyl (C=O) groups is 1. The number of carboxylic acids is 1. The third-order valence-electron chi connectivity index (χ3n) is 2.43. The summed E-state index contributed by atoms with van der Waals surface area (Å²) in [6.07, 6.45) is 1.22. The molecular weight excluding hydrogens is 325 g/mol. The molecule has 1 aromatic heterocycles. The van der Waals surface area contributed by atoms with Gasteiger partial charge in [0.05, 0.1) is 15.1 Å². The molecular formula is C13H8Cl3NO3. The molecule has 0 fully saturated rings. The molecule has 0 aliphatic carbocycles. The Morgan fingerprint density at radius 3 is 2.40 bits per heavy atom. The highest BCUT2D eigenvalue weighted by Gasteiger charge is 2.15. The van der Waals surface area contributed by atoms with E-state index in [2.05, 4.69) is 4.98 Å². The van der Waals surface area contributed by atoms with E-state index in [1.807, 2.05) is 0 Å². The molecule has 0 aliphatic rings. The van der Waals surface area contributed by atoms with E-state index in [1.165, 1.54) is 24.4 Å². The van der Waals surface area contributed by atoms with Crippen LogP contribution in [0.3, 0.4) is 0 Å². The number of aromatic nitrogens is 1. The van der Waals surface area contributed by atoms with Crippen molar-refractivity contribution in [1.82, 2.24) is 4.98 Å². The van der Waals surface area contributed by atoms with Crippen molar-refractivity contribution in [2.45, 2.75) is 6.92 Å². The average Bonchev–Trinajstić information content (AvgIpc) is 2.35. The fraction of sp³-hybridized carbons (Fsp3) is 0.0769. The minimum absolute atomic E-state index is 0.0715. The first-order valence-corrected chi connectivity index (χ1v) is 6.54. The maximum atomic E-state index is 11.1. The standard InChI is InChI=1S/C13H8Cl3NO3/c1-6-2-11(7(5-17-6)13(18)19)20-12-4-9(15)8(14)3-10(12)16/h2-5H,1H3,(H,18,19). The number of hydrogen-bond acceptors (Lipinski definition) is 3. The molecule has 20 heavy (non-hydrogen) atoms. The number of ether oxygens (including phenoxy) is 1. The van der Waals surface area contributed by atoms with Crippen LogP contribution in [0.15, 0.2) is 24.4 Å². The molecule has 0 atom stereocenters. The van der Waals surface area contributed by atoms with Gasteiger partial charge in [-0.2, -0.15) is 0 Å². The second-order valence-electron chi connectivity index (χ2n) is 3.93. The Labute approximate surface area is 129 Å². The van der Waals surface area contributed by atoms with Crippen molar-refractivity contribution in [1.29, 1.82) is 0 Å². The van der Waals surface area contributed by atoms with Crippen molar-refractivity contribution in [3.8, 4) is 11.5 Å². The number of aromatic carboxylic acids is 1. The second-order valence-corrected chi connectivity index (χ2v) is 5.15. The van der Waals surface area contributed by atoms with Crippen molar-refractivity contribution < 1.29 is 14.6 Å². The summed E-state index contributed by atoms with van der Waals surface area (Å²) in [7, 11) is 0. The number of benzene rings is 1. The summed E-state index contributed by atoms with van der Waals surface area (Å²) in [5.74, 6) is -0.803. The molecule has 0 saturated heterocycles. The van der Waals surface area contributed by atoms with Gasteiger partial charge in [-0.05, 0) is 13.0 Å². The third kappa shape index (κ3) is 3.15. The number of pyridine rings is 1. The monoisotopic (exact) mass is 331 g/mol. The molecule has 0 bridgehead atoms. The van der Waals surface area contributed by atoms with Crippen LogP contribution in [0.5, 0.6) is 11.5 Å². The number of hydrogen-bond donors (Lipinski definition) is 1. The van der Waals surface area contributed by atoms with Crippen LogP contribution in [-0.2, 0) is 0 Å². The van der Waals surface area contributed by atoms with Gasteiger partial charge in [-0.3, -0.25) is 4.98 Å². The molecule has 7 heteroatoms. The number of nitrogens with zero attached hydrogens (tertiary/aromatic N) is 1. The van der Waals surface area contributed by atoms with E-state index in [-0.39, 0.29) is 32.1 Å². The van der Waals surface area contributed by atoms with Gasteiger partial charge < -0.3 is 9.84 Å². The highest BCUT2D eigenvalue weighted by Crippen LogP contribution is 2.37. The zero-order valence-corrected chi connectivity index (χ0v) is 12.4. The van der Waals surface area contributed by atoms with Crippen molar-refractivity contribution in [2.75, 3.05) is 0 Å². The molecule has 0 saturated carbocycles. The van der Waals surface area contributed by atoms with Gasteiger partial charge in [0.2, 0.25) is 0 Å². The Kier molecular flexibility index (Phi) is 4.38. The van der Waals surface area contributed by atoms with Gasteiger partial charge in [0.25, 0.3) is 0 Å². The van der Waals surface area contributed by atoms with Crippen molar-refractivity contribution in [3.63, 3.8) is 0 Å². The Hall–Kier alpha value is -1.49. The molecule has 2 rings (SSSR count). The van der Waals surface area contributed by atoms with E-state index >= 15 is 0 Å². The first-order chi connectivity index (χ1) is 9.38. The Balaban J connectivity index is 2.47. The lowest BCUT2D eigenvalue weighted by Gasteiger charge is -2.11. The molecule has 0 unspecified atom stereocenters. The number of rotatable bonds is 3. The predicted octanol–water partition coefficient (Wildman–Crippen LogP) is 4.84. The third-order valence-corrected chi connectivity index (χ3v) is 3.45. The van der Waals surface area contributed by atoms with Gasteiger partial charge >= 0.3 is 5.97 Å². The summed E-state index contributed by atoms with van der Waals surface area (Å²) in [4.78, 5) is 15.0. The molecule has 0 spiro atoms. The van der Waals surface area contributed by atoms with Gasteiger partial charge in [0, 0.05) is 24.0 Å². The van der Waals surface area contributed by atoms with Gasteiger partial charge in [0.1, 0.15) is 17.1 Å². The lowest BCUT2D eigenvalue weighted by Crippen LogP contribution is -2.02. The number of aryl methyl sites for hydroxylation is 1. The summed E-state index contributed by atoms with van der Waals surface area (Å²) >= 11 is 17.7. The maximum Gasteiger partial charge on any atom is 0.341 e. The zero-order chi connectivity index (χ0) is 14.9. The van der Waals surface area contributed by atoms with Crippen molar-refractivity contribution >= 4 is 40.8 Å². The van der Waals surface area contributed by atoms with Gasteiger partial charge in [0.15, 0.2) is 0 Å². The highest BCUT2D eigenvalue weighted by atomic mass is 35.5. The molecule has 2 aromatic rings. The molecule has 0 amide bonds. The quantitative estimate of drug-likeness (QED) is 0.817. The second kappa shape index (κ2) is 5.87.